The van der Waals surface area contributed by atoms with E-state index in [1.165, 1.54) is 88.3 Å². The van der Waals surface area contributed by atoms with Crippen molar-refractivity contribution in [3.63, 3.8) is 0 Å². The summed E-state index contributed by atoms with van der Waals surface area (Å²) in [6.07, 6.45) is 3.90. The summed E-state index contributed by atoms with van der Waals surface area (Å²) in [5.41, 5.74) is 20.5. The summed E-state index contributed by atoms with van der Waals surface area (Å²) in [7, 11) is 0. The lowest BCUT2D eigenvalue weighted by Crippen LogP contribution is -2.40. The number of aromatic nitrogens is 1. The van der Waals surface area contributed by atoms with Crippen LogP contribution in [0.3, 0.4) is 0 Å². The van der Waals surface area contributed by atoms with Crippen LogP contribution in [0.15, 0.2) is 115 Å². The Morgan fingerprint density at radius 1 is 0.385 bits per heavy atom. The van der Waals surface area contributed by atoms with Crippen LogP contribution in [-0.4, -0.2) is 16.0 Å². The fourth-order valence-corrected chi connectivity index (χ4v) is 15.5. The van der Waals surface area contributed by atoms with Crippen molar-refractivity contribution >= 4 is 49.7 Å². The molecular formula is C62H51NO2. The summed E-state index contributed by atoms with van der Waals surface area (Å²) in [4.78, 5) is 30.7. The molecule has 3 heteroatoms. The summed E-state index contributed by atoms with van der Waals surface area (Å²) in [6, 6.07) is 43.4. The topological polar surface area (TPSA) is 38.5 Å². The zero-order valence-corrected chi connectivity index (χ0v) is 38.6. The van der Waals surface area contributed by atoms with Crippen molar-refractivity contribution in [3.8, 4) is 22.3 Å². The first-order chi connectivity index (χ1) is 31.0. The summed E-state index contributed by atoms with van der Waals surface area (Å²) in [5.74, 6) is 0.448. The largest absolute Gasteiger partial charge is 0.308 e. The highest BCUT2D eigenvalue weighted by Gasteiger charge is 2.56. The van der Waals surface area contributed by atoms with E-state index in [2.05, 4.69) is 175 Å². The minimum Gasteiger partial charge on any atom is -0.308 e. The van der Waals surface area contributed by atoms with Crippen LogP contribution in [0.5, 0.6) is 0 Å². The molecule has 3 nitrogen and oxygen atoms in total. The second-order valence-electron chi connectivity index (χ2n) is 23.1. The van der Waals surface area contributed by atoms with Gasteiger partial charge in [-0.2, -0.15) is 0 Å². The van der Waals surface area contributed by atoms with Crippen LogP contribution in [0.25, 0.3) is 60.3 Å². The number of ketones is 2. The van der Waals surface area contributed by atoms with E-state index in [1.54, 1.807) is 0 Å². The van der Waals surface area contributed by atoms with Gasteiger partial charge in [-0.1, -0.05) is 114 Å². The number of carbonyl (C=O) groups excluding carboxylic acids is 2. The number of rotatable bonds is 0. The maximum absolute atomic E-state index is 15.8. The van der Waals surface area contributed by atoms with Gasteiger partial charge in [-0.05, 0) is 165 Å². The van der Waals surface area contributed by atoms with Crippen molar-refractivity contribution in [1.82, 2.24) is 4.40 Å². The van der Waals surface area contributed by atoms with E-state index in [-0.39, 0.29) is 27.4 Å². The van der Waals surface area contributed by atoms with Gasteiger partial charge in [-0.25, -0.2) is 0 Å². The molecule has 0 unspecified atom stereocenters. The third kappa shape index (κ3) is 3.81. The first-order valence-electron chi connectivity index (χ1n) is 24.0. The van der Waals surface area contributed by atoms with Crippen LogP contribution in [0.1, 0.15) is 157 Å². The van der Waals surface area contributed by atoms with E-state index < -0.39 is 10.8 Å². The molecule has 0 saturated heterocycles. The molecule has 65 heavy (non-hydrogen) atoms. The van der Waals surface area contributed by atoms with Gasteiger partial charge in [0.25, 0.3) is 0 Å². The molecule has 316 valence electrons. The second kappa shape index (κ2) is 10.9. The highest BCUT2D eigenvalue weighted by molar-refractivity contribution is 6.28. The minimum atomic E-state index is -0.850. The lowest BCUT2D eigenvalue weighted by Gasteiger charge is -2.43. The Morgan fingerprint density at radius 2 is 0.892 bits per heavy atom. The van der Waals surface area contributed by atoms with E-state index in [9.17, 15) is 4.79 Å². The quantitative estimate of drug-likeness (QED) is 0.153. The molecule has 0 spiro atoms. The molecule has 0 amide bonds. The first kappa shape index (κ1) is 37.0. The molecule has 9 aromatic rings. The fourth-order valence-electron chi connectivity index (χ4n) is 15.5. The number of Topliss-reactive ketones (excluding diaryl/α,β-unsaturated/α-hetero) is 2. The molecule has 7 aromatic carbocycles. The minimum absolute atomic E-state index is 0.0567. The Bertz CT molecular complexity index is 3770. The molecule has 8 aliphatic carbocycles. The van der Waals surface area contributed by atoms with Crippen LogP contribution in [0.4, 0.5) is 0 Å². The average Bonchev–Trinajstić information content (AvgIpc) is 3.91. The molecule has 0 aliphatic heterocycles. The van der Waals surface area contributed by atoms with Crippen molar-refractivity contribution < 1.29 is 9.59 Å². The van der Waals surface area contributed by atoms with Gasteiger partial charge in [0.05, 0.1) is 22.0 Å². The maximum Gasteiger partial charge on any atom is 0.177 e. The Hall–Kier alpha value is -6.32. The predicted octanol–water partition coefficient (Wildman–Crippen LogP) is 14.7. The van der Waals surface area contributed by atoms with Gasteiger partial charge in [-0.3, -0.25) is 9.59 Å². The maximum atomic E-state index is 15.8. The van der Waals surface area contributed by atoms with E-state index in [4.69, 9.17) is 0 Å². The van der Waals surface area contributed by atoms with Crippen molar-refractivity contribution in [2.75, 3.05) is 0 Å². The van der Waals surface area contributed by atoms with Gasteiger partial charge < -0.3 is 4.40 Å². The average molecular weight is 842 g/mol. The smallest absolute Gasteiger partial charge is 0.177 e. The number of carbonyl (C=O) groups is 2. The number of hydrogen-bond acceptors (Lipinski definition) is 2. The van der Waals surface area contributed by atoms with Crippen LogP contribution >= 0.6 is 0 Å². The molecule has 2 heterocycles. The van der Waals surface area contributed by atoms with E-state index in [1.807, 2.05) is 0 Å². The van der Waals surface area contributed by atoms with Crippen LogP contribution in [0.2, 0.25) is 0 Å². The number of nitrogens with zero attached hydrogens (tertiary/aromatic N) is 1. The molecule has 8 aliphatic rings. The van der Waals surface area contributed by atoms with Crippen LogP contribution < -0.4 is 0 Å². The SMILES string of the molecule is CC12CCC(C)(CC1)c1cc3c4cc5c(c6c7cc8c(cc7n(c3cc1C2=O)c46)C(=O)C1(C)c2ccccc2C8(C)c2ccccc21)C(C)(C)c1cc2c(cc1-5)C(C)(C)c1ccccc1-2. The summed E-state index contributed by atoms with van der Waals surface area (Å²) >= 11 is 0. The molecule has 0 atom stereocenters. The van der Waals surface area contributed by atoms with Gasteiger partial charge in [0, 0.05) is 54.3 Å². The number of fused-ring (bicyclic) bond motifs is 15. The molecule has 1 saturated carbocycles. The zero-order valence-electron chi connectivity index (χ0n) is 38.6. The monoisotopic (exact) mass is 841 g/mol. The Morgan fingerprint density at radius 3 is 1.54 bits per heavy atom. The summed E-state index contributed by atoms with van der Waals surface area (Å²) in [6.45, 7) is 18.8. The Balaban J connectivity index is 1.13. The van der Waals surface area contributed by atoms with E-state index >= 15 is 4.79 Å². The molecule has 17 rings (SSSR count). The van der Waals surface area contributed by atoms with Gasteiger partial charge in [-0.15, -0.1) is 0 Å². The predicted molar refractivity (Wildman–Crippen MR) is 264 cm³/mol. The first-order valence-corrected chi connectivity index (χ1v) is 24.0. The highest BCUT2D eigenvalue weighted by atomic mass is 16.1. The molecule has 4 bridgehead atoms. The Kier molecular flexibility index (Phi) is 6.17. The van der Waals surface area contributed by atoms with E-state index in [0.29, 0.717) is 5.78 Å². The lowest BCUT2D eigenvalue weighted by atomic mass is 9.59. The second-order valence-corrected chi connectivity index (χ2v) is 23.1. The number of hydrogen-bond donors (Lipinski definition) is 0. The van der Waals surface area contributed by atoms with Gasteiger partial charge in [0.2, 0.25) is 0 Å². The van der Waals surface area contributed by atoms with Gasteiger partial charge >= 0.3 is 0 Å². The molecule has 1 fully saturated rings. The fraction of sp³-hybridized carbons (Fsp3) is 0.290. The summed E-state index contributed by atoms with van der Waals surface area (Å²) in [5, 5.41) is 4.90. The summed E-state index contributed by atoms with van der Waals surface area (Å²) < 4.78 is 2.48. The lowest BCUT2D eigenvalue weighted by molar-refractivity contribution is 0.0731. The van der Waals surface area contributed by atoms with Crippen LogP contribution in [-0.2, 0) is 27.1 Å². The standard InChI is InChI=1S/C62H51NO2/c1-57(2)41-16-10-9-15-32(41)33-26-47-34(27-46(33)57)36-25-37-35-28-48-38(55(64)60(6)23-21-59(48,5)22-24-60)30-50(35)63-51-31-39-49(29-40(51)52(54(37)63)53(36)58(47,3)4)61(7)42-17-11-13-19-44(42)62(8,56(39)65)45-20-14-12-18-43(45)61/h9-20,25-31H,21-24H2,1-8H3. The van der Waals surface area contributed by atoms with Gasteiger partial charge in [0.15, 0.2) is 11.6 Å². The number of benzene rings is 7. The van der Waals surface area contributed by atoms with Crippen LogP contribution in [0, 0.1) is 5.41 Å². The molecule has 0 N–H and O–H groups in total. The normalized spacial score (nSPS) is 26.8. The van der Waals surface area contributed by atoms with Gasteiger partial charge in [0.1, 0.15) is 0 Å². The van der Waals surface area contributed by atoms with Crippen molar-refractivity contribution in [2.45, 2.75) is 108 Å². The Labute approximate surface area is 379 Å². The third-order valence-electron chi connectivity index (χ3n) is 19.3. The van der Waals surface area contributed by atoms with Crippen molar-refractivity contribution in [1.29, 1.82) is 0 Å². The molecular weight excluding hydrogens is 791 g/mol. The van der Waals surface area contributed by atoms with Crippen molar-refractivity contribution in [3.05, 3.63) is 182 Å². The highest BCUT2D eigenvalue weighted by Crippen LogP contribution is 2.63. The van der Waals surface area contributed by atoms with E-state index in [0.717, 1.165) is 64.5 Å². The molecule has 0 radical (unpaired) electrons. The van der Waals surface area contributed by atoms with Crippen molar-refractivity contribution in [2.24, 2.45) is 5.41 Å². The molecule has 2 aromatic heterocycles. The zero-order chi connectivity index (χ0) is 44.3. The third-order valence-corrected chi connectivity index (χ3v) is 19.3.